The average Bonchev–Trinajstić information content (AvgIpc) is 2.86. The number of hydrogen-bond acceptors (Lipinski definition) is 4. The van der Waals surface area contributed by atoms with Gasteiger partial charge in [0, 0.05) is 17.8 Å². The van der Waals surface area contributed by atoms with Gasteiger partial charge in [-0.3, -0.25) is 10.1 Å². The first-order valence-electron chi connectivity index (χ1n) is 5.59. The van der Waals surface area contributed by atoms with Crippen molar-refractivity contribution in [1.29, 1.82) is 0 Å². The van der Waals surface area contributed by atoms with Crippen LogP contribution in [0.3, 0.4) is 0 Å². The van der Waals surface area contributed by atoms with Crippen LogP contribution in [0.15, 0.2) is 42.6 Å². The van der Waals surface area contributed by atoms with Crippen molar-refractivity contribution in [3.8, 4) is 0 Å². The Bertz CT molecular complexity index is 619. The van der Waals surface area contributed by atoms with E-state index in [1.54, 1.807) is 41.1 Å². The van der Waals surface area contributed by atoms with E-state index in [9.17, 15) is 14.9 Å². The molecule has 1 aromatic heterocycles. The fourth-order valence-electron chi connectivity index (χ4n) is 1.85. The van der Waals surface area contributed by atoms with Gasteiger partial charge in [-0.25, -0.2) is 4.79 Å². The topological polar surface area (TPSA) is 74.4 Å². The average molecular weight is 260 g/mol. The number of benzene rings is 1. The molecule has 0 spiro atoms. The van der Waals surface area contributed by atoms with Crippen molar-refractivity contribution in [2.24, 2.45) is 0 Å². The van der Waals surface area contributed by atoms with E-state index in [4.69, 9.17) is 0 Å². The Kier molecular flexibility index (Phi) is 3.61. The molecule has 0 aliphatic heterocycles. The van der Waals surface area contributed by atoms with Gasteiger partial charge < -0.3 is 9.30 Å². The van der Waals surface area contributed by atoms with Crippen LogP contribution in [0.2, 0.25) is 0 Å². The molecule has 1 heterocycles. The minimum Gasteiger partial charge on any atom is -0.464 e. The second-order valence-electron chi connectivity index (χ2n) is 3.90. The molecule has 19 heavy (non-hydrogen) atoms. The van der Waals surface area contributed by atoms with Crippen LogP contribution in [0, 0.1) is 10.1 Å². The van der Waals surface area contributed by atoms with Crippen molar-refractivity contribution in [3.05, 3.63) is 64.0 Å². The number of nitrogens with zero attached hydrogens (tertiary/aromatic N) is 2. The molecule has 0 amide bonds. The van der Waals surface area contributed by atoms with Crippen LogP contribution in [0.4, 0.5) is 5.69 Å². The van der Waals surface area contributed by atoms with Gasteiger partial charge in [0.05, 0.1) is 18.6 Å². The number of carbonyl (C=O) groups excluding carboxylic acids is 1. The van der Waals surface area contributed by atoms with Crippen molar-refractivity contribution >= 4 is 11.7 Å². The molecular formula is C13H12N2O4. The van der Waals surface area contributed by atoms with Gasteiger partial charge >= 0.3 is 5.97 Å². The zero-order valence-electron chi connectivity index (χ0n) is 10.3. The molecule has 0 atom stereocenters. The van der Waals surface area contributed by atoms with Crippen molar-refractivity contribution in [2.45, 2.75) is 6.54 Å². The molecule has 0 saturated carbocycles. The zero-order chi connectivity index (χ0) is 13.8. The number of nitro benzene ring substituents is 1. The van der Waals surface area contributed by atoms with Crippen molar-refractivity contribution in [3.63, 3.8) is 0 Å². The van der Waals surface area contributed by atoms with E-state index in [0.29, 0.717) is 11.3 Å². The number of methoxy groups -OCH3 is 1. The number of esters is 1. The Hall–Kier alpha value is -2.63. The van der Waals surface area contributed by atoms with Crippen LogP contribution < -0.4 is 0 Å². The Balaban J connectivity index is 2.35. The number of nitro groups is 1. The Morgan fingerprint density at radius 1 is 1.32 bits per heavy atom. The lowest BCUT2D eigenvalue weighted by Crippen LogP contribution is -2.11. The number of ether oxygens (including phenoxy) is 1. The standard InChI is InChI=1S/C13H12N2O4/c1-19-13(16)12-7-4-8-14(12)9-10-5-2-3-6-11(10)15(17)18/h2-8H,9H2,1H3. The second-order valence-corrected chi connectivity index (χ2v) is 3.90. The minimum absolute atomic E-state index is 0.0343. The van der Waals surface area contributed by atoms with Crippen LogP contribution in [-0.2, 0) is 11.3 Å². The molecule has 0 aliphatic rings. The van der Waals surface area contributed by atoms with E-state index in [2.05, 4.69) is 4.74 Å². The Labute approximate surface area is 109 Å². The van der Waals surface area contributed by atoms with Gasteiger partial charge in [0.25, 0.3) is 5.69 Å². The van der Waals surface area contributed by atoms with Crippen LogP contribution in [-0.4, -0.2) is 22.6 Å². The van der Waals surface area contributed by atoms with Crippen molar-refractivity contribution in [2.75, 3.05) is 7.11 Å². The molecule has 0 saturated heterocycles. The number of rotatable bonds is 4. The van der Waals surface area contributed by atoms with Crippen LogP contribution >= 0.6 is 0 Å². The third-order valence-electron chi connectivity index (χ3n) is 2.75. The summed E-state index contributed by atoms with van der Waals surface area (Å²) in [5, 5.41) is 10.9. The monoisotopic (exact) mass is 260 g/mol. The normalized spacial score (nSPS) is 10.2. The SMILES string of the molecule is COC(=O)c1cccn1Cc1ccccc1[N+](=O)[O-]. The lowest BCUT2D eigenvalue weighted by atomic mass is 10.2. The maximum absolute atomic E-state index is 11.5. The smallest absolute Gasteiger partial charge is 0.354 e. The molecule has 1 aromatic carbocycles. The zero-order valence-corrected chi connectivity index (χ0v) is 10.3. The fraction of sp³-hybridized carbons (Fsp3) is 0.154. The first-order valence-corrected chi connectivity index (χ1v) is 5.59. The van der Waals surface area contributed by atoms with E-state index in [0.717, 1.165) is 0 Å². The molecule has 0 N–H and O–H groups in total. The molecule has 6 heteroatoms. The van der Waals surface area contributed by atoms with Gasteiger partial charge in [-0.2, -0.15) is 0 Å². The third kappa shape index (κ3) is 2.62. The molecule has 0 fully saturated rings. The Morgan fingerprint density at radius 2 is 2.05 bits per heavy atom. The quantitative estimate of drug-likeness (QED) is 0.480. The molecule has 0 bridgehead atoms. The van der Waals surface area contributed by atoms with E-state index in [1.165, 1.54) is 13.2 Å². The van der Waals surface area contributed by atoms with E-state index in [-0.39, 0.29) is 12.2 Å². The highest BCUT2D eigenvalue weighted by atomic mass is 16.6. The summed E-state index contributed by atoms with van der Waals surface area (Å²) in [6, 6.07) is 9.75. The van der Waals surface area contributed by atoms with Gasteiger partial charge in [0.15, 0.2) is 0 Å². The predicted octanol–water partition coefficient (Wildman–Crippen LogP) is 2.23. The Morgan fingerprint density at radius 3 is 2.74 bits per heavy atom. The fourth-order valence-corrected chi connectivity index (χ4v) is 1.85. The van der Waals surface area contributed by atoms with Crippen LogP contribution in [0.1, 0.15) is 16.1 Å². The first kappa shape index (κ1) is 12.8. The van der Waals surface area contributed by atoms with Crippen molar-refractivity contribution in [1.82, 2.24) is 4.57 Å². The summed E-state index contributed by atoms with van der Waals surface area (Å²) >= 11 is 0. The van der Waals surface area contributed by atoms with Crippen LogP contribution in [0.25, 0.3) is 0 Å². The summed E-state index contributed by atoms with van der Waals surface area (Å²) in [5.74, 6) is -0.469. The van der Waals surface area contributed by atoms with Gasteiger partial charge in [-0.05, 0) is 12.1 Å². The molecule has 2 rings (SSSR count). The summed E-state index contributed by atoms with van der Waals surface area (Å²) in [5.41, 5.74) is 0.932. The lowest BCUT2D eigenvalue weighted by molar-refractivity contribution is -0.385. The molecule has 98 valence electrons. The highest BCUT2D eigenvalue weighted by Crippen LogP contribution is 2.19. The number of carbonyl (C=O) groups is 1. The second kappa shape index (κ2) is 5.34. The van der Waals surface area contributed by atoms with E-state index in [1.807, 2.05) is 0 Å². The molecule has 6 nitrogen and oxygen atoms in total. The third-order valence-corrected chi connectivity index (χ3v) is 2.75. The highest BCUT2D eigenvalue weighted by Gasteiger charge is 2.16. The molecule has 0 unspecified atom stereocenters. The maximum Gasteiger partial charge on any atom is 0.354 e. The lowest BCUT2D eigenvalue weighted by Gasteiger charge is -2.08. The largest absolute Gasteiger partial charge is 0.464 e. The highest BCUT2D eigenvalue weighted by molar-refractivity contribution is 5.87. The number of aromatic nitrogens is 1. The van der Waals surface area contributed by atoms with Crippen LogP contribution in [0.5, 0.6) is 0 Å². The molecular weight excluding hydrogens is 248 g/mol. The summed E-state index contributed by atoms with van der Waals surface area (Å²) in [7, 11) is 1.30. The van der Waals surface area contributed by atoms with Gasteiger partial charge in [-0.1, -0.05) is 18.2 Å². The maximum atomic E-state index is 11.5. The minimum atomic E-state index is -0.469. The van der Waals surface area contributed by atoms with Gasteiger partial charge in [0.2, 0.25) is 0 Å². The van der Waals surface area contributed by atoms with Crippen molar-refractivity contribution < 1.29 is 14.5 Å². The summed E-state index contributed by atoms with van der Waals surface area (Å²) < 4.78 is 6.28. The predicted molar refractivity (Wildman–Crippen MR) is 68.0 cm³/mol. The first-order chi connectivity index (χ1) is 9.13. The summed E-state index contributed by atoms with van der Waals surface area (Å²) in [4.78, 5) is 22.0. The van der Waals surface area contributed by atoms with E-state index < -0.39 is 10.9 Å². The number of hydrogen-bond donors (Lipinski definition) is 0. The summed E-state index contributed by atoms with van der Waals surface area (Å²) in [6.45, 7) is 0.245. The van der Waals surface area contributed by atoms with Gasteiger partial charge in [0.1, 0.15) is 5.69 Å². The molecule has 0 aliphatic carbocycles. The molecule has 0 radical (unpaired) electrons. The molecule has 2 aromatic rings. The number of para-hydroxylation sites is 1. The van der Waals surface area contributed by atoms with Gasteiger partial charge in [-0.15, -0.1) is 0 Å². The van der Waals surface area contributed by atoms with E-state index >= 15 is 0 Å². The summed E-state index contributed by atoms with van der Waals surface area (Å²) in [6.07, 6.45) is 1.68.